The summed E-state index contributed by atoms with van der Waals surface area (Å²) in [6.07, 6.45) is 5.64. The number of ether oxygens (including phenoxy) is 1. The number of hydrogen-bond acceptors (Lipinski definition) is 5. The van der Waals surface area contributed by atoms with Gasteiger partial charge in [-0.25, -0.2) is 0 Å². The molecule has 0 spiro atoms. The molecular weight excluding hydrogens is 320 g/mol. The monoisotopic (exact) mass is 348 g/mol. The predicted octanol–water partition coefficient (Wildman–Crippen LogP) is 1.64. The Balaban J connectivity index is 1.99. The van der Waals surface area contributed by atoms with Gasteiger partial charge in [0.15, 0.2) is 0 Å². The second-order valence-corrected chi connectivity index (χ2v) is 7.00. The normalized spacial score (nSPS) is 22.7. The molecule has 1 aromatic heterocycles. The molecular formula is C18H28N4OS. The highest BCUT2D eigenvalue weighted by Crippen LogP contribution is 2.33. The largest absolute Gasteiger partial charge is 0.381 e. The lowest BCUT2D eigenvalue weighted by atomic mass is 9.88. The molecule has 5 nitrogen and oxygen atoms in total. The molecule has 0 saturated carbocycles. The first-order valence-corrected chi connectivity index (χ1v) is 9.37. The summed E-state index contributed by atoms with van der Waals surface area (Å²) in [5.74, 6) is 0. The Morgan fingerprint density at radius 1 is 1.21 bits per heavy atom. The molecule has 0 bridgehead atoms. The van der Waals surface area contributed by atoms with Crippen molar-refractivity contribution in [1.82, 2.24) is 20.1 Å². The van der Waals surface area contributed by atoms with Crippen molar-refractivity contribution in [3.05, 3.63) is 30.1 Å². The van der Waals surface area contributed by atoms with Crippen molar-refractivity contribution in [1.29, 1.82) is 0 Å². The van der Waals surface area contributed by atoms with Gasteiger partial charge in [-0.15, -0.1) is 0 Å². The first-order valence-electron chi connectivity index (χ1n) is 8.96. The van der Waals surface area contributed by atoms with E-state index in [0.717, 1.165) is 56.6 Å². The van der Waals surface area contributed by atoms with E-state index >= 15 is 0 Å². The molecule has 1 unspecified atom stereocenters. The summed E-state index contributed by atoms with van der Waals surface area (Å²) in [6.45, 7) is 6.51. The van der Waals surface area contributed by atoms with Gasteiger partial charge in [-0.3, -0.25) is 14.8 Å². The minimum absolute atomic E-state index is 0.358. The summed E-state index contributed by atoms with van der Waals surface area (Å²) in [5, 5.41) is 3.28. The van der Waals surface area contributed by atoms with Crippen molar-refractivity contribution in [3.8, 4) is 0 Å². The smallest absolute Gasteiger partial charge is 0.127 e. The lowest BCUT2D eigenvalue weighted by molar-refractivity contribution is 0.00591. The van der Waals surface area contributed by atoms with E-state index in [2.05, 4.69) is 27.2 Å². The second-order valence-electron chi connectivity index (χ2n) is 6.59. The number of nitrogens with zero attached hydrogens (tertiary/aromatic N) is 3. The lowest BCUT2D eigenvalue weighted by Gasteiger charge is -2.48. The Kier molecular flexibility index (Phi) is 6.16. The molecule has 2 fully saturated rings. The van der Waals surface area contributed by atoms with Gasteiger partial charge in [-0.2, -0.15) is 0 Å². The maximum atomic E-state index is 5.87. The van der Waals surface area contributed by atoms with Crippen LogP contribution in [0.5, 0.6) is 0 Å². The van der Waals surface area contributed by atoms with E-state index in [0.29, 0.717) is 0 Å². The van der Waals surface area contributed by atoms with Crippen LogP contribution < -0.4 is 5.32 Å². The topological polar surface area (TPSA) is 40.6 Å². The van der Waals surface area contributed by atoms with E-state index in [1.807, 2.05) is 19.3 Å². The zero-order valence-electron chi connectivity index (χ0n) is 14.5. The fraction of sp³-hybridized carbons (Fsp3) is 0.667. The maximum Gasteiger partial charge on any atom is 0.127 e. The molecule has 1 N–H and O–H groups in total. The highest BCUT2D eigenvalue weighted by Gasteiger charge is 2.45. The summed E-state index contributed by atoms with van der Waals surface area (Å²) in [4.78, 5) is 10.6. The van der Waals surface area contributed by atoms with Gasteiger partial charge in [0.05, 0.1) is 18.9 Å². The second kappa shape index (κ2) is 8.34. The van der Waals surface area contributed by atoms with Crippen LogP contribution in [-0.2, 0) is 10.3 Å². The Bertz CT molecular complexity index is 529. The van der Waals surface area contributed by atoms with Gasteiger partial charge in [0.2, 0.25) is 0 Å². The molecule has 24 heavy (non-hydrogen) atoms. The molecule has 0 amide bonds. The quantitative estimate of drug-likeness (QED) is 0.816. The number of hydrogen-bond donors (Lipinski definition) is 1. The molecule has 3 rings (SSSR count). The van der Waals surface area contributed by atoms with E-state index < -0.39 is 0 Å². The van der Waals surface area contributed by atoms with Crippen molar-refractivity contribution in [3.63, 3.8) is 0 Å². The predicted molar refractivity (Wildman–Crippen MR) is 100 cm³/mol. The number of morpholine rings is 1. The SMILES string of the molecule is CNC(=S)C(CN1CCOCC1)(c1ccccn1)N1CCCCC1. The van der Waals surface area contributed by atoms with Crippen molar-refractivity contribution >= 4 is 17.2 Å². The minimum Gasteiger partial charge on any atom is -0.381 e. The van der Waals surface area contributed by atoms with Gasteiger partial charge in [0, 0.05) is 32.9 Å². The third-order valence-corrected chi connectivity index (χ3v) is 5.69. The average Bonchev–Trinajstić information content (AvgIpc) is 2.67. The molecule has 132 valence electrons. The molecule has 3 heterocycles. The van der Waals surface area contributed by atoms with Gasteiger partial charge in [-0.05, 0) is 38.1 Å². The number of thiocarbonyl (C=S) groups is 1. The third-order valence-electron chi connectivity index (χ3n) is 5.14. The van der Waals surface area contributed by atoms with Crippen LogP contribution in [0.3, 0.4) is 0 Å². The number of aromatic nitrogens is 1. The highest BCUT2D eigenvalue weighted by atomic mass is 32.1. The van der Waals surface area contributed by atoms with E-state index in [-0.39, 0.29) is 5.54 Å². The third kappa shape index (κ3) is 3.61. The number of pyridine rings is 1. The average molecular weight is 349 g/mol. The van der Waals surface area contributed by atoms with Gasteiger partial charge >= 0.3 is 0 Å². The molecule has 0 aliphatic carbocycles. The Morgan fingerprint density at radius 2 is 1.96 bits per heavy atom. The highest BCUT2D eigenvalue weighted by molar-refractivity contribution is 7.80. The number of likely N-dealkylation sites (tertiary alicyclic amines) is 1. The maximum absolute atomic E-state index is 5.87. The summed E-state index contributed by atoms with van der Waals surface area (Å²) in [6, 6.07) is 6.17. The van der Waals surface area contributed by atoms with Crippen LogP contribution in [0.4, 0.5) is 0 Å². The molecule has 2 aliphatic heterocycles. The van der Waals surface area contributed by atoms with E-state index in [1.165, 1.54) is 19.3 Å². The van der Waals surface area contributed by atoms with Crippen molar-refractivity contribution in [2.75, 3.05) is 53.0 Å². The number of piperidine rings is 1. The van der Waals surface area contributed by atoms with Crippen LogP contribution in [-0.4, -0.2) is 72.8 Å². The van der Waals surface area contributed by atoms with Crippen molar-refractivity contribution < 1.29 is 4.74 Å². The molecule has 2 aliphatic rings. The fourth-order valence-electron chi connectivity index (χ4n) is 3.85. The summed E-state index contributed by atoms with van der Waals surface area (Å²) in [5.41, 5.74) is 0.695. The summed E-state index contributed by atoms with van der Waals surface area (Å²) in [7, 11) is 1.93. The van der Waals surface area contributed by atoms with E-state index in [1.54, 1.807) is 0 Å². The molecule has 1 atom stereocenters. The zero-order valence-corrected chi connectivity index (χ0v) is 15.4. The Labute approximate surface area is 150 Å². The minimum atomic E-state index is -0.358. The van der Waals surface area contributed by atoms with Crippen LogP contribution in [0, 0.1) is 0 Å². The molecule has 1 aromatic rings. The van der Waals surface area contributed by atoms with Gasteiger partial charge in [-0.1, -0.05) is 24.7 Å². The Morgan fingerprint density at radius 3 is 2.58 bits per heavy atom. The molecule has 0 radical (unpaired) electrons. The standard InChI is InChI=1S/C18H28N4OS/c1-19-17(24)18(16-7-3-4-8-20-16,22-9-5-2-6-10-22)15-21-11-13-23-14-12-21/h3-4,7-8H,2,5-6,9-15H2,1H3,(H,19,24). The lowest BCUT2D eigenvalue weighted by Crippen LogP contribution is -2.62. The Hall–Kier alpha value is -1.08. The van der Waals surface area contributed by atoms with Crippen LogP contribution >= 0.6 is 12.2 Å². The van der Waals surface area contributed by atoms with Crippen molar-refractivity contribution in [2.24, 2.45) is 0 Å². The van der Waals surface area contributed by atoms with Crippen LogP contribution in [0.25, 0.3) is 0 Å². The van der Waals surface area contributed by atoms with E-state index in [4.69, 9.17) is 21.9 Å². The summed E-state index contributed by atoms with van der Waals surface area (Å²) >= 11 is 5.87. The number of likely N-dealkylation sites (N-methyl/N-ethyl adjacent to an activating group) is 1. The fourth-order valence-corrected chi connectivity index (χ4v) is 4.15. The van der Waals surface area contributed by atoms with Crippen LogP contribution in [0.15, 0.2) is 24.4 Å². The zero-order chi connectivity index (χ0) is 16.8. The molecule has 2 saturated heterocycles. The first-order chi connectivity index (χ1) is 11.8. The first kappa shape index (κ1) is 17.7. The van der Waals surface area contributed by atoms with Gasteiger partial charge in [0.1, 0.15) is 10.5 Å². The van der Waals surface area contributed by atoms with Crippen LogP contribution in [0.1, 0.15) is 25.0 Å². The van der Waals surface area contributed by atoms with Gasteiger partial charge < -0.3 is 10.1 Å². The van der Waals surface area contributed by atoms with Gasteiger partial charge in [0.25, 0.3) is 0 Å². The summed E-state index contributed by atoms with van der Waals surface area (Å²) < 4.78 is 5.53. The molecule has 6 heteroatoms. The number of nitrogens with one attached hydrogen (secondary N) is 1. The molecule has 0 aromatic carbocycles. The van der Waals surface area contributed by atoms with E-state index in [9.17, 15) is 0 Å². The van der Waals surface area contributed by atoms with Crippen molar-refractivity contribution in [2.45, 2.75) is 24.8 Å². The van der Waals surface area contributed by atoms with Crippen LogP contribution in [0.2, 0.25) is 0 Å². The number of rotatable bonds is 5.